The van der Waals surface area contributed by atoms with Gasteiger partial charge in [0.15, 0.2) is 0 Å². The minimum Gasteiger partial charge on any atom is -0.381 e. The molecule has 1 aliphatic carbocycles. The first-order valence-electron chi connectivity index (χ1n) is 4.41. The second kappa shape index (κ2) is 3.97. The van der Waals surface area contributed by atoms with Crippen LogP contribution in [0.3, 0.4) is 0 Å². The van der Waals surface area contributed by atoms with Crippen LogP contribution in [0.1, 0.15) is 39.0 Å². The molecule has 1 aliphatic rings. The summed E-state index contributed by atoms with van der Waals surface area (Å²) >= 11 is 0. The first-order valence-corrected chi connectivity index (χ1v) is 4.41. The largest absolute Gasteiger partial charge is 0.381 e. The summed E-state index contributed by atoms with van der Waals surface area (Å²) in [6, 6.07) is 0. The zero-order valence-electron chi connectivity index (χ0n) is 7.10. The highest BCUT2D eigenvalue weighted by Gasteiger charge is 2.25. The van der Waals surface area contributed by atoms with Gasteiger partial charge in [0, 0.05) is 7.11 Å². The second-order valence-electron chi connectivity index (χ2n) is 3.25. The van der Waals surface area contributed by atoms with Crippen molar-refractivity contribution in [2.75, 3.05) is 7.11 Å². The summed E-state index contributed by atoms with van der Waals surface area (Å²) in [5, 5.41) is 0. The third-order valence-electron chi connectivity index (χ3n) is 2.55. The maximum atomic E-state index is 5.39. The molecule has 10 heavy (non-hydrogen) atoms. The van der Waals surface area contributed by atoms with Crippen molar-refractivity contribution < 1.29 is 4.74 Å². The molecule has 0 radical (unpaired) electrons. The molecule has 0 spiro atoms. The molecule has 0 aromatic carbocycles. The first-order chi connectivity index (χ1) is 4.88. The molecule has 0 N–H and O–H groups in total. The lowest BCUT2D eigenvalue weighted by Crippen LogP contribution is -2.28. The van der Waals surface area contributed by atoms with E-state index in [0.717, 1.165) is 5.92 Å². The van der Waals surface area contributed by atoms with E-state index in [9.17, 15) is 0 Å². The lowest BCUT2D eigenvalue weighted by molar-refractivity contribution is 0.0132. The molecule has 0 aromatic heterocycles. The fourth-order valence-corrected chi connectivity index (χ4v) is 1.64. The lowest BCUT2D eigenvalue weighted by atomic mass is 9.80. The Bertz CT molecular complexity index is 86.7. The molecule has 1 rings (SSSR count). The van der Waals surface area contributed by atoms with Crippen LogP contribution in [0.4, 0.5) is 0 Å². The third-order valence-corrected chi connectivity index (χ3v) is 2.55. The first kappa shape index (κ1) is 8.06. The standard InChI is InChI=1S/C9H18O/c1-3-5-9(10-2)8-6-4-7-8/h8-9H,3-7H2,1-2H3. The summed E-state index contributed by atoms with van der Waals surface area (Å²) in [5.41, 5.74) is 0. The fraction of sp³-hybridized carbons (Fsp3) is 1.00. The van der Waals surface area contributed by atoms with Crippen LogP contribution in [0.2, 0.25) is 0 Å². The van der Waals surface area contributed by atoms with Gasteiger partial charge in [0.2, 0.25) is 0 Å². The smallest absolute Gasteiger partial charge is 0.0599 e. The number of hydrogen-bond donors (Lipinski definition) is 0. The molecule has 1 heteroatoms. The zero-order chi connectivity index (χ0) is 7.40. The monoisotopic (exact) mass is 142 g/mol. The van der Waals surface area contributed by atoms with Crippen molar-refractivity contribution in [3.05, 3.63) is 0 Å². The molecule has 1 saturated carbocycles. The van der Waals surface area contributed by atoms with E-state index in [2.05, 4.69) is 6.92 Å². The van der Waals surface area contributed by atoms with Gasteiger partial charge in [0.25, 0.3) is 0 Å². The van der Waals surface area contributed by atoms with Crippen molar-refractivity contribution in [1.82, 2.24) is 0 Å². The highest BCUT2D eigenvalue weighted by atomic mass is 16.5. The van der Waals surface area contributed by atoms with Gasteiger partial charge in [0.05, 0.1) is 6.10 Å². The van der Waals surface area contributed by atoms with Gasteiger partial charge >= 0.3 is 0 Å². The van der Waals surface area contributed by atoms with Crippen molar-refractivity contribution in [2.45, 2.75) is 45.1 Å². The van der Waals surface area contributed by atoms with Gasteiger partial charge in [-0.05, 0) is 25.2 Å². The summed E-state index contributed by atoms with van der Waals surface area (Å²) in [7, 11) is 1.85. The van der Waals surface area contributed by atoms with Crippen LogP contribution in [-0.4, -0.2) is 13.2 Å². The van der Waals surface area contributed by atoms with E-state index in [1.807, 2.05) is 7.11 Å². The van der Waals surface area contributed by atoms with E-state index < -0.39 is 0 Å². The average Bonchev–Trinajstić information content (AvgIpc) is 1.83. The summed E-state index contributed by atoms with van der Waals surface area (Å²) < 4.78 is 5.39. The molecule has 60 valence electrons. The van der Waals surface area contributed by atoms with E-state index in [-0.39, 0.29) is 0 Å². The number of ether oxygens (including phenoxy) is 1. The van der Waals surface area contributed by atoms with Crippen LogP contribution in [-0.2, 0) is 4.74 Å². The molecule has 0 heterocycles. The fourth-order valence-electron chi connectivity index (χ4n) is 1.64. The van der Waals surface area contributed by atoms with Crippen LogP contribution in [0.5, 0.6) is 0 Å². The van der Waals surface area contributed by atoms with E-state index in [0.29, 0.717) is 6.10 Å². The SMILES string of the molecule is CCCC(OC)C1CCC1. The summed E-state index contributed by atoms with van der Waals surface area (Å²) in [6.45, 7) is 2.23. The van der Waals surface area contributed by atoms with Crippen molar-refractivity contribution in [1.29, 1.82) is 0 Å². The molecule has 1 fully saturated rings. The Hall–Kier alpha value is -0.0400. The number of rotatable bonds is 4. The van der Waals surface area contributed by atoms with Crippen LogP contribution in [0, 0.1) is 5.92 Å². The van der Waals surface area contributed by atoms with Crippen LogP contribution < -0.4 is 0 Å². The van der Waals surface area contributed by atoms with E-state index >= 15 is 0 Å². The Balaban J connectivity index is 2.17. The molecule has 0 saturated heterocycles. The molecular formula is C9H18O. The molecule has 1 nitrogen and oxygen atoms in total. The maximum Gasteiger partial charge on any atom is 0.0599 e. The van der Waals surface area contributed by atoms with Gasteiger partial charge in [-0.15, -0.1) is 0 Å². The summed E-state index contributed by atoms with van der Waals surface area (Å²) in [5.74, 6) is 0.893. The molecule has 1 atom stereocenters. The Kier molecular flexibility index (Phi) is 3.20. The molecule has 0 bridgehead atoms. The topological polar surface area (TPSA) is 9.23 Å². The van der Waals surface area contributed by atoms with Crippen LogP contribution >= 0.6 is 0 Å². The minimum absolute atomic E-state index is 0.568. The van der Waals surface area contributed by atoms with Crippen LogP contribution in [0.15, 0.2) is 0 Å². The summed E-state index contributed by atoms with van der Waals surface area (Å²) in [6.07, 6.45) is 7.31. The predicted molar refractivity (Wildman–Crippen MR) is 43.0 cm³/mol. The normalized spacial score (nSPS) is 22.2. The Morgan fingerprint density at radius 1 is 1.50 bits per heavy atom. The molecule has 0 aromatic rings. The van der Waals surface area contributed by atoms with Crippen molar-refractivity contribution in [3.8, 4) is 0 Å². The highest BCUT2D eigenvalue weighted by Crippen LogP contribution is 2.32. The molecule has 1 unspecified atom stereocenters. The summed E-state index contributed by atoms with van der Waals surface area (Å²) in [4.78, 5) is 0. The second-order valence-corrected chi connectivity index (χ2v) is 3.25. The van der Waals surface area contributed by atoms with E-state index in [4.69, 9.17) is 4.74 Å². The number of methoxy groups -OCH3 is 1. The third kappa shape index (κ3) is 1.72. The van der Waals surface area contributed by atoms with Crippen molar-refractivity contribution in [2.24, 2.45) is 5.92 Å². The van der Waals surface area contributed by atoms with Crippen molar-refractivity contribution >= 4 is 0 Å². The van der Waals surface area contributed by atoms with Gasteiger partial charge in [-0.1, -0.05) is 19.8 Å². The van der Waals surface area contributed by atoms with Gasteiger partial charge in [0.1, 0.15) is 0 Å². The quantitative estimate of drug-likeness (QED) is 0.586. The molecular weight excluding hydrogens is 124 g/mol. The predicted octanol–water partition coefficient (Wildman–Crippen LogP) is 2.60. The van der Waals surface area contributed by atoms with Crippen molar-refractivity contribution in [3.63, 3.8) is 0 Å². The van der Waals surface area contributed by atoms with Gasteiger partial charge < -0.3 is 4.74 Å². The van der Waals surface area contributed by atoms with Crippen LogP contribution in [0.25, 0.3) is 0 Å². The van der Waals surface area contributed by atoms with E-state index in [1.54, 1.807) is 0 Å². The lowest BCUT2D eigenvalue weighted by Gasteiger charge is -2.32. The highest BCUT2D eigenvalue weighted by molar-refractivity contribution is 4.77. The molecule has 0 amide bonds. The van der Waals surface area contributed by atoms with E-state index in [1.165, 1.54) is 32.1 Å². The Morgan fingerprint density at radius 3 is 2.50 bits per heavy atom. The van der Waals surface area contributed by atoms with Gasteiger partial charge in [-0.3, -0.25) is 0 Å². The molecule has 0 aliphatic heterocycles. The average molecular weight is 142 g/mol. The number of hydrogen-bond acceptors (Lipinski definition) is 1. The maximum absolute atomic E-state index is 5.39. The zero-order valence-corrected chi connectivity index (χ0v) is 7.10. The minimum atomic E-state index is 0.568. The van der Waals surface area contributed by atoms with Gasteiger partial charge in [-0.2, -0.15) is 0 Å². The Labute approximate surface area is 63.8 Å². The Morgan fingerprint density at radius 2 is 2.20 bits per heavy atom. The van der Waals surface area contributed by atoms with Gasteiger partial charge in [-0.25, -0.2) is 0 Å².